The maximum absolute atomic E-state index is 12.3. The molecule has 0 aliphatic heterocycles. The van der Waals surface area contributed by atoms with Gasteiger partial charge in [-0.3, -0.25) is 9.48 Å². The Morgan fingerprint density at radius 1 is 0.917 bits per heavy atom. The van der Waals surface area contributed by atoms with Gasteiger partial charge < -0.3 is 4.57 Å². The van der Waals surface area contributed by atoms with Gasteiger partial charge in [0.15, 0.2) is 0 Å². The van der Waals surface area contributed by atoms with Crippen LogP contribution in [0, 0.1) is 0 Å². The second-order valence-electron chi connectivity index (χ2n) is 5.92. The molecule has 0 fully saturated rings. The molecule has 0 aliphatic rings. The third-order valence-electron chi connectivity index (χ3n) is 4.22. The van der Waals surface area contributed by atoms with Crippen LogP contribution < -0.4 is 5.56 Å². The highest BCUT2D eigenvalue weighted by Crippen LogP contribution is 2.26. The zero-order valence-corrected chi connectivity index (χ0v) is 13.4. The molecule has 2 aromatic heterocycles. The first kappa shape index (κ1) is 14.5. The minimum Gasteiger partial charge on any atom is -0.317 e. The SMILES string of the molecule is Cn1cc(-c2cnn(Cc3ccccc3)c2)c2ccccc2c1=O. The number of nitrogens with zero attached hydrogens (tertiary/aromatic N) is 3. The van der Waals surface area contributed by atoms with Gasteiger partial charge >= 0.3 is 0 Å². The maximum Gasteiger partial charge on any atom is 0.258 e. The Kier molecular flexibility index (Phi) is 3.50. The molecule has 4 nitrogen and oxygen atoms in total. The van der Waals surface area contributed by atoms with E-state index in [1.807, 2.05) is 65.7 Å². The average Bonchev–Trinajstić information content (AvgIpc) is 3.07. The fourth-order valence-corrected chi connectivity index (χ4v) is 3.01. The predicted molar refractivity (Wildman–Crippen MR) is 96.0 cm³/mol. The van der Waals surface area contributed by atoms with Crippen molar-refractivity contribution in [2.45, 2.75) is 6.54 Å². The molecule has 0 N–H and O–H groups in total. The number of aryl methyl sites for hydroxylation is 1. The van der Waals surface area contributed by atoms with Crippen molar-refractivity contribution >= 4 is 10.8 Å². The van der Waals surface area contributed by atoms with Crippen LogP contribution in [0.25, 0.3) is 21.9 Å². The van der Waals surface area contributed by atoms with Crippen molar-refractivity contribution in [2.24, 2.45) is 7.05 Å². The van der Waals surface area contributed by atoms with E-state index in [0.29, 0.717) is 0 Å². The van der Waals surface area contributed by atoms with Gasteiger partial charge in [0.2, 0.25) is 0 Å². The van der Waals surface area contributed by atoms with Gasteiger partial charge in [-0.15, -0.1) is 0 Å². The van der Waals surface area contributed by atoms with Crippen molar-refractivity contribution in [3.8, 4) is 11.1 Å². The summed E-state index contributed by atoms with van der Waals surface area (Å²) >= 11 is 0. The van der Waals surface area contributed by atoms with Crippen LogP contribution in [-0.4, -0.2) is 14.3 Å². The van der Waals surface area contributed by atoms with Crippen LogP contribution in [0.3, 0.4) is 0 Å². The van der Waals surface area contributed by atoms with Crippen molar-refractivity contribution in [3.05, 3.63) is 89.1 Å². The van der Waals surface area contributed by atoms with Gasteiger partial charge in [-0.25, -0.2) is 0 Å². The zero-order valence-electron chi connectivity index (χ0n) is 13.4. The third-order valence-corrected chi connectivity index (χ3v) is 4.22. The number of hydrogen-bond donors (Lipinski definition) is 0. The number of rotatable bonds is 3. The van der Waals surface area contributed by atoms with E-state index < -0.39 is 0 Å². The first-order valence-corrected chi connectivity index (χ1v) is 7.87. The van der Waals surface area contributed by atoms with Crippen molar-refractivity contribution in [3.63, 3.8) is 0 Å². The fourth-order valence-electron chi connectivity index (χ4n) is 3.01. The molecule has 0 atom stereocenters. The summed E-state index contributed by atoms with van der Waals surface area (Å²) in [5.74, 6) is 0. The van der Waals surface area contributed by atoms with Crippen molar-refractivity contribution in [2.75, 3.05) is 0 Å². The molecule has 0 bridgehead atoms. The van der Waals surface area contributed by atoms with Crippen LogP contribution in [0.4, 0.5) is 0 Å². The molecule has 0 saturated carbocycles. The van der Waals surface area contributed by atoms with E-state index in [4.69, 9.17) is 0 Å². The lowest BCUT2D eigenvalue weighted by Gasteiger charge is -2.07. The number of benzene rings is 2. The topological polar surface area (TPSA) is 39.8 Å². The minimum absolute atomic E-state index is 0.0195. The second kappa shape index (κ2) is 5.81. The quantitative estimate of drug-likeness (QED) is 0.581. The molecule has 0 radical (unpaired) electrons. The monoisotopic (exact) mass is 315 g/mol. The molecule has 24 heavy (non-hydrogen) atoms. The number of aromatic nitrogens is 3. The van der Waals surface area contributed by atoms with Gasteiger partial charge in [0.05, 0.1) is 12.7 Å². The molecular weight excluding hydrogens is 298 g/mol. The number of fused-ring (bicyclic) bond motifs is 1. The molecule has 0 spiro atoms. The Morgan fingerprint density at radius 3 is 2.42 bits per heavy atom. The Labute approximate surface area is 139 Å². The molecule has 0 unspecified atom stereocenters. The Morgan fingerprint density at radius 2 is 1.62 bits per heavy atom. The van der Waals surface area contributed by atoms with E-state index in [1.54, 1.807) is 11.6 Å². The highest BCUT2D eigenvalue weighted by Gasteiger charge is 2.10. The normalized spacial score (nSPS) is 11.0. The van der Waals surface area contributed by atoms with Gasteiger partial charge in [0.25, 0.3) is 5.56 Å². The summed E-state index contributed by atoms with van der Waals surface area (Å²) in [6.07, 6.45) is 5.77. The van der Waals surface area contributed by atoms with E-state index in [1.165, 1.54) is 5.56 Å². The molecule has 0 saturated heterocycles. The Hall–Kier alpha value is -3.14. The summed E-state index contributed by atoms with van der Waals surface area (Å²) in [7, 11) is 1.78. The molecular formula is C20H17N3O. The minimum atomic E-state index is 0.0195. The van der Waals surface area contributed by atoms with Crippen molar-refractivity contribution < 1.29 is 0 Å². The number of hydrogen-bond acceptors (Lipinski definition) is 2. The van der Waals surface area contributed by atoms with Crippen molar-refractivity contribution in [1.29, 1.82) is 0 Å². The molecule has 0 amide bonds. The van der Waals surface area contributed by atoms with E-state index in [0.717, 1.165) is 28.4 Å². The van der Waals surface area contributed by atoms with E-state index in [9.17, 15) is 4.79 Å². The molecule has 2 aromatic carbocycles. The van der Waals surface area contributed by atoms with Gasteiger partial charge in [0, 0.05) is 36.0 Å². The Balaban J connectivity index is 1.79. The standard InChI is InChI=1S/C20H17N3O/c1-22-14-19(17-9-5-6-10-18(17)20(22)24)16-11-21-23(13-16)12-15-7-3-2-4-8-15/h2-11,13-14H,12H2,1H3. The Bertz CT molecular complexity index is 1060. The smallest absolute Gasteiger partial charge is 0.258 e. The summed E-state index contributed by atoms with van der Waals surface area (Å²) in [4.78, 5) is 12.3. The first-order chi connectivity index (χ1) is 11.7. The maximum atomic E-state index is 12.3. The average molecular weight is 315 g/mol. The highest BCUT2D eigenvalue weighted by atomic mass is 16.1. The van der Waals surface area contributed by atoms with Gasteiger partial charge in [-0.1, -0.05) is 48.5 Å². The molecule has 2 heterocycles. The van der Waals surface area contributed by atoms with Crippen LogP contribution in [0.2, 0.25) is 0 Å². The van der Waals surface area contributed by atoms with Gasteiger partial charge in [-0.2, -0.15) is 5.10 Å². The zero-order chi connectivity index (χ0) is 16.5. The van der Waals surface area contributed by atoms with E-state index in [2.05, 4.69) is 17.2 Å². The largest absolute Gasteiger partial charge is 0.317 e. The van der Waals surface area contributed by atoms with Crippen LogP contribution >= 0.6 is 0 Å². The summed E-state index contributed by atoms with van der Waals surface area (Å²) in [6, 6.07) is 17.9. The lowest BCUT2D eigenvalue weighted by Crippen LogP contribution is -2.16. The lowest BCUT2D eigenvalue weighted by atomic mass is 10.0. The molecule has 4 rings (SSSR count). The summed E-state index contributed by atoms with van der Waals surface area (Å²) in [5.41, 5.74) is 3.26. The van der Waals surface area contributed by atoms with E-state index >= 15 is 0 Å². The molecule has 4 aromatic rings. The third kappa shape index (κ3) is 2.52. The van der Waals surface area contributed by atoms with E-state index in [-0.39, 0.29) is 5.56 Å². The van der Waals surface area contributed by atoms with Crippen LogP contribution in [-0.2, 0) is 13.6 Å². The lowest BCUT2D eigenvalue weighted by molar-refractivity contribution is 0.687. The number of pyridine rings is 1. The fraction of sp³-hybridized carbons (Fsp3) is 0.100. The second-order valence-corrected chi connectivity index (χ2v) is 5.92. The molecule has 4 heteroatoms. The molecule has 0 aliphatic carbocycles. The predicted octanol–water partition coefficient (Wildman–Crippen LogP) is 3.45. The van der Waals surface area contributed by atoms with Crippen LogP contribution in [0.5, 0.6) is 0 Å². The van der Waals surface area contributed by atoms with Gasteiger partial charge in [0.1, 0.15) is 0 Å². The van der Waals surface area contributed by atoms with Gasteiger partial charge in [-0.05, 0) is 17.0 Å². The summed E-state index contributed by atoms with van der Waals surface area (Å²) in [6.45, 7) is 0.727. The highest BCUT2D eigenvalue weighted by molar-refractivity contribution is 5.95. The summed E-state index contributed by atoms with van der Waals surface area (Å²) < 4.78 is 3.55. The van der Waals surface area contributed by atoms with Crippen LogP contribution in [0.15, 0.2) is 78.0 Å². The summed E-state index contributed by atoms with van der Waals surface area (Å²) in [5, 5.41) is 6.16. The first-order valence-electron chi connectivity index (χ1n) is 7.87. The van der Waals surface area contributed by atoms with Crippen LogP contribution in [0.1, 0.15) is 5.56 Å². The van der Waals surface area contributed by atoms with Crippen molar-refractivity contribution in [1.82, 2.24) is 14.3 Å². The molecule has 118 valence electrons.